The van der Waals surface area contributed by atoms with Gasteiger partial charge < -0.3 is 15.3 Å². The molecule has 2 aliphatic carbocycles. The van der Waals surface area contributed by atoms with Gasteiger partial charge in [0.2, 0.25) is 0 Å². The molecule has 0 saturated heterocycles. The molecule has 0 amide bonds. The third-order valence-corrected chi connectivity index (χ3v) is 9.70. The highest BCUT2D eigenvalue weighted by Gasteiger charge is 2.58. The average molecular weight is 439 g/mol. The number of hydrogen-bond acceptors (Lipinski definition) is 3. The molecule has 2 saturated carbocycles. The number of aliphatic carboxylic acids is 1. The molecule has 4 heteroatoms. The summed E-state index contributed by atoms with van der Waals surface area (Å²) in [4.78, 5) is 11.4. The fraction of sp³-hybridized carbons (Fsp3) is 0.963. The van der Waals surface area contributed by atoms with Crippen molar-refractivity contribution in [1.29, 1.82) is 0 Å². The quantitative estimate of drug-likeness (QED) is 0.362. The Morgan fingerprint density at radius 1 is 1.10 bits per heavy atom. The van der Waals surface area contributed by atoms with E-state index in [1.165, 1.54) is 6.42 Å². The Labute approximate surface area is 191 Å². The maximum absolute atomic E-state index is 11.4. The number of carboxylic acids is 1. The van der Waals surface area contributed by atoms with Crippen molar-refractivity contribution in [3.8, 4) is 0 Å². The van der Waals surface area contributed by atoms with Crippen molar-refractivity contribution in [1.82, 2.24) is 0 Å². The normalized spacial score (nSPS) is 35.3. The van der Waals surface area contributed by atoms with Gasteiger partial charge in [0.25, 0.3) is 0 Å². The first-order valence-corrected chi connectivity index (χ1v) is 13.0. The molecule has 182 valence electrons. The van der Waals surface area contributed by atoms with Crippen LogP contribution in [0.4, 0.5) is 0 Å². The van der Waals surface area contributed by atoms with Crippen molar-refractivity contribution in [3.63, 3.8) is 0 Å². The van der Waals surface area contributed by atoms with Gasteiger partial charge >= 0.3 is 5.97 Å². The summed E-state index contributed by atoms with van der Waals surface area (Å²) in [6.45, 7) is 15.4. The van der Waals surface area contributed by atoms with E-state index in [0.29, 0.717) is 29.6 Å². The van der Waals surface area contributed by atoms with Crippen LogP contribution in [0.25, 0.3) is 0 Å². The Hall–Kier alpha value is -0.610. The molecule has 3 N–H and O–H groups in total. The molecule has 0 spiro atoms. The Morgan fingerprint density at radius 2 is 1.74 bits per heavy atom. The first-order chi connectivity index (χ1) is 14.4. The zero-order valence-electron chi connectivity index (χ0n) is 21.2. The number of carbonyl (C=O) groups is 1. The van der Waals surface area contributed by atoms with Crippen molar-refractivity contribution in [3.05, 3.63) is 0 Å². The van der Waals surface area contributed by atoms with Crippen LogP contribution in [-0.2, 0) is 4.79 Å². The van der Waals surface area contributed by atoms with Crippen LogP contribution in [0.5, 0.6) is 0 Å². The molecule has 0 aromatic heterocycles. The molecule has 4 nitrogen and oxygen atoms in total. The minimum absolute atomic E-state index is 0.0970. The number of aliphatic hydroxyl groups is 2. The fourth-order valence-corrected chi connectivity index (χ4v) is 7.64. The summed E-state index contributed by atoms with van der Waals surface area (Å²) in [5.41, 5.74) is 0.286. The summed E-state index contributed by atoms with van der Waals surface area (Å²) >= 11 is 0. The van der Waals surface area contributed by atoms with E-state index >= 15 is 0 Å². The van der Waals surface area contributed by atoms with Gasteiger partial charge in [0.1, 0.15) is 0 Å². The predicted molar refractivity (Wildman–Crippen MR) is 127 cm³/mol. The number of carboxylic acid groups (broad SMARTS) is 1. The second-order valence-corrected chi connectivity index (χ2v) is 12.0. The van der Waals surface area contributed by atoms with Crippen LogP contribution in [0.1, 0.15) is 106 Å². The van der Waals surface area contributed by atoms with Crippen molar-refractivity contribution in [2.75, 3.05) is 0 Å². The SMILES string of the molecule is CC[C@H](O)CCC(C)(C)C1CC[C@@]2(C)C(CCC2[C@H](C)C[C@@H](C)C(=O)O)C1[C@H](O)CC. The smallest absolute Gasteiger partial charge is 0.306 e. The molecule has 0 radical (unpaired) electrons. The first-order valence-electron chi connectivity index (χ1n) is 13.0. The Morgan fingerprint density at radius 3 is 2.29 bits per heavy atom. The van der Waals surface area contributed by atoms with Crippen LogP contribution in [0.15, 0.2) is 0 Å². The topological polar surface area (TPSA) is 77.8 Å². The second-order valence-electron chi connectivity index (χ2n) is 12.0. The van der Waals surface area contributed by atoms with Gasteiger partial charge in [-0.25, -0.2) is 0 Å². The molecule has 0 aromatic rings. The number of fused-ring (bicyclic) bond motifs is 1. The van der Waals surface area contributed by atoms with Gasteiger partial charge in [-0.1, -0.05) is 48.5 Å². The van der Waals surface area contributed by atoms with E-state index in [2.05, 4.69) is 34.6 Å². The maximum atomic E-state index is 11.4. The van der Waals surface area contributed by atoms with E-state index in [1.807, 2.05) is 13.8 Å². The predicted octanol–water partition coefficient (Wildman–Crippen LogP) is 6.14. The monoisotopic (exact) mass is 438 g/mol. The van der Waals surface area contributed by atoms with Crippen LogP contribution < -0.4 is 0 Å². The summed E-state index contributed by atoms with van der Waals surface area (Å²) in [7, 11) is 0. The van der Waals surface area contributed by atoms with Crippen molar-refractivity contribution < 1.29 is 20.1 Å². The largest absolute Gasteiger partial charge is 0.481 e. The van der Waals surface area contributed by atoms with Gasteiger partial charge in [-0.15, -0.1) is 0 Å². The van der Waals surface area contributed by atoms with E-state index in [4.69, 9.17) is 0 Å². The van der Waals surface area contributed by atoms with Crippen molar-refractivity contribution >= 4 is 5.97 Å². The average Bonchev–Trinajstić information content (AvgIpc) is 3.07. The molecule has 9 atom stereocenters. The molecule has 2 aliphatic rings. The summed E-state index contributed by atoms with van der Waals surface area (Å²) < 4.78 is 0. The lowest BCUT2D eigenvalue weighted by Crippen LogP contribution is -2.50. The van der Waals surface area contributed by atoms with Crippen LogP contribution in [-0.4, -0.2) is 33.5 Å². The minimum Gasteiger partial charge on any atom is -0.481 e. The van der Waals surface area contributed by atoms with E-state index in [1.54, 1.807) is 0 Å². The van der Waals surface area contributed by atoms with Crippen LogP contribution in [0, 0.1) is 46.3 Å². The standard InChI is InChI=1S/C27H50O4/c1-8-19(28)12-14-26(5,6)21-13-15-27(7)20(17(3)16-18(4)25(30)31)10-11-22(27)24(21)23(29)9-2/h17-24,28-29H,8-16H2,1-7H3,(H,30,31)/t17-,18-,19+,20?,21?,22?,23-,24?,27-/m1/s1. The summed E-state index contributed by atoms with van der Waals surface area (Å²) in [6.07, 6.45) is 8.27. The zero-order chi connectivity index (χ0) is 23.6. The molecule has 2 fully saturated rings. The zero-order valence-corrected chi connectivity index (χ0v) is 21.2. The summed E-state index contributed by atoms with van der Waals surface area (Å²) in [6, 6.07) is 0. The lowest BCUT2D eigenvalue weighted by molar-refractivity contribution is -0.142. The maximum Gasteiger partial charge on any atom is 0.306 e. The van der Waals surface area contributed by atoms with Crippen LogP contribution in [0.3, 0.4) is 0 Å². The van der Waals surface area contributed by atoms with Crippen LogP contribution >= 0.6 is 0 Å². The summed E-state index contributed by atoms with van der Waals surface area (Å²) in [5.74, 6) is 1.22. The molecule has 0 bridgehead atoms. The Bertz CT molecular complexity index is 588. The highest BCUT2D eigenvalue weighted by Crippen LogP contribution is 2.64. The highest BCUT2D eigenvalue weighted by molar-refractivity contribution is 5.69. The van der Waals surface area contributed by atoms with Crippen molar-refractivity contribution in [2.24, 2.45) is 46.3 Å². The Kier molecular flexibility index (Phi) is 9.06. The molecule has 2 rings (SSSR count). The van der Waals surface area contributed by atoms with E-state index in [-0.39, 0.29) is 29.0 Å². The molecule has 0 aliphatic heterocycles. The summed E-state index contributed by atoms with van der Waals surface area (Å²) in [5, 5.41) is 30.8. The van der Waals surface area contributed by atoms with E-state index in [9.17, 15) is 20.1 Å². The third-order valence-electron chi connectivity index (χ3n) is 9.70. The van der Waals surface area contributed by atoms with Crippen LogP contribution in [0.2, 0.25) is 0 Å². The van der Waals surface area contributed by atoms with Crippen molar-refractivity contribution in [2.45, 2.75) is 118 Å². The number of rotatable bonds is 11. The molecule has 31 heavy (non-hydrogen) atoms. The number of aliphatic hydroxyl groups excluding tert-OH is 2. The van der Waals surface area contributed by atoms with Gasteiger partial charge in [0.15, 0.2) is 0 Å². The number of hydrogen-bond donors (Lipinski definition) is 3. The lowest BCUT2D eigenvalue weighted by Gasteiger charge is -2.55. The second kappa shape index (κ2) is 10.5. The molecular weight excluding hydrogens is 388 g/mol. The van der Waals surface area contributed by atoms with E-state index in [0.717, 1.165) is 51.4 Å². The third kappa shape index (κ3) is 5.66. The van der Waals surface area contributed by atoms with E-state index < -0.39 is 5.97 Å². The van der Waals surface area contributed by atoms with Gasteiger partial charge in [-0.2, -0.15) is 0 Å². The van der Waals surface area contributed by atoms with Gasteiger partial charge in [0, 0.05) is 0 Å². The molecule has 0 heterocycles. The molecule has 0 aromatic carbocycles. The Balaban J connectivity index is 2.25. The molecule has 4 unspecified atom stereocenters. The van der Waals surface area contributed by atoms with Gasteiger partial charge in [-0.3, -0.25) is 4.79 Å². The molecular formula is C27H50O4. The fourth-order valence-electron chi connectivity index (χ4n) is 7.64. The minimum atomic E-state index is -0.689. The lowest BCUT2D eigenvalue weighted by atomic mass is 9.50. The first kappa shape index (κ1) is 26.6. The van der Waals surface area contributed by atoms with Gasteiger partial charge in [-0.05, 0) is 98.2 Å². The highest BCUT2D eigenvalue weighted by atomic mass is 16.4. The van der Waals surface area contributed by atoms with Gasteiger partial charge in [0.05, 0.1) is 18.1 Å².